The minimum absolute atomic E-state index is 0.00971. The first-order valence-corrected chi connectivity index (χ1v) is 7.16. The summed E-state index contributed by atoms with van der Waals surface area (Å²) >= 11 is 0. The molecular weight excluding hydrogens is 259 g/mol. The first-order chi connectivity index (χ1) is 9.65. The minimum Gasteiger partial charge on any atom is -0.394 e. The highest BCUT2D eigenvalue weighted by Crippen LogP contribution is 2.28. The molecule has 0 spiro atoms. The van der Waals surface area contributed by atoms with Crippen molar-refractivity contribution >= 4 is 5.69 Å². The van der Waals surface area contributed by atoms with Gasteiger partial charge in [0.25, 0.3) is 0 Å². The minimum atomic E-state index is -0.222. The van der Waals surface area contributed by atoms with E-state index in [0.29, 0.717) is 13.2 Å². The number of aliphatic hydroxyl groups excluding tert-OH is 1. The molecule has 0 saturated carbocycles. The maximum absolute atomic E-state index is 13.5. The molecule has 2 unspecified atom stereocenters. The summed E-state index contributed by atoms with van der Waals surface area (Å²) in [6.07, 6.45) is -0.170. The molecule has 1 aromatic carbocycles. The van der Waals surface area contributed by atoms with Crippen LogP contribution in [-0.2, 0) is 4.74 Å². The van der Waals surface area contributed by atoms with Crippen LogP contribution < -0.4 is 10.2 Å². The number of rotatable bonds is 5. The molecule has 0 radical (unpaired) electrons. The fourth-order valence-corrected chi connectivity index (χ4v) is 2.62. The van der Waals surface area contributed by atoms with E-state index in [9.17, 15) is 9.50 Å². The largest absolute Gasteiger partial charge is 0.394 e. The first kappa shape index (κ1) is 15.2. The number of hydrogen-bond acceptors (Lipinski definition) is 4. The molecule has 0 aliphatic carbocycles. The van der Waals surface area contributed by atoms with E-state index in [1.54, 1.807) is 6.07 Å². The lowest BCUT2D eigenvalue weighted by molar-refractivity contribution is 0.00350. The van der Waals surface area contributed by atoms with Crippen molar-refractivity contribution in [1.29, 1.82) is 0 Å². The molecule has 2 rings (SSSR count). The Bertz CT molecular complexity index is 442. The average molecular weight is 282 g/mol. The molecule has 20 heavy (non-hydrogen) atoms. The van der Waals surface area contributed by atoms with E-state index in [0.717, 1.165) is 24.3 Å². The molecular formula is C15H23FN2O2. The Morgan fingerprint density at radius 1 is 1.55 bits per heavy atom. The van der Waals surface area contributed by atoms with Crippen LogP contribution in [0.3, 0.4) is 0 Å². The van der Waals surface area contributed by atoms with Crippen LogP contribution in [0, 0.1) is 5.82 Å². The number of nitrogens with one attached hydrogen (secondary N) is 1. The molecule has 1 aromatic rings. The molecule has 0 amide bonds. The Morgan fingerprint density at radius 2 is 2.35 bits per heavy atom. The smallest absolute Gasteiger partial charge is 0.123 e. The van der Waals surface area contributed by atoms with E-state index in [-0.39, 0.29) is 24.6 Å². The zero-order valence-electron chi connectivity index (χ0n) is 12.1. The Morgan fingerprint density at radius 3 is 3.05 bits per heavy atom. The number of morpholine rings is 1. The van der Waals surface area contributed by atoms with Crippen molar-refractivity contribution in [3.05, 3.63) is 29.6 Å². The lowest BCUT2D eigenvalue weighted by Gasteiger charge is -2.35. The second-order valence-electron chi connectivity index (χ2n) is 5.10. The fourth-order valence-electron chi connectivity index (χ4n) is 2.62. The van der Waals surface area contributed by atoms with Gasteiger partial charge < -0.3 is 20.1 Å². The van der Waals surface area contributed by atoms with E-state index in [1.165, 1.54) is 6.07 Å². The van der Waals surface area contributed by atoms with Crippen LogP contribution in [0.15, 0.2) is 18.2 Å². The molecule has 112 valence electrons. The average Bonchev–Trinajstić information content (AvgIpc) is 2.47. The molecule has 4 nitrogen and oxygen atoms in total. The van der Waals surface area contributed by atoms with Crippen molar-refractivity contribution in [2.75, 3.05) is 37.7 Å². The summed E-state index contributed by atoms with van der Waals surface area (Å²) < 4.78 is 19.0. The van der Waals surface area contributed by atoms with Gasteiger partial charge >= 0.3 is 0 Å². The highest BCUT2D eigenvalue weighted by molar-refractivity contribution is 5.55. The summed E-state index contributed by atoms with van der Waals surface area (Å²) in [5, 5.41) is 12.6. The van der Waals surface area contributed by atoms with Crippen LogP contribution >= 0.6 is 0 Å². The highest BCUT2D eigenvalue weighted by Gasteiger charge is 2.23. The van der Waals surface area contributed by atoms with Crippen molar-refractivity contribution in [3.63, 3.8) is 0 Å². The van der Waals surface area contributed by atoms with Gasteiger partial charge in [0.1, 0.15) is 5.82 Å². The predicted molar refractivity (Wildman–Crippen MR) is 77.5 cm³/mol. The molecule has 1 aliphatic rings. The molecule has 1 fully saturated rings. The molecule has 1 aliphatic heterocycles. The van der Waals surface area contributed by atoms with Crippen LogP contribution in [0.1, 0.15) is 25.5 Å². The van der Waals surface area contributed by atoms with Gasteiger partial charge in [0.15, 0.2) is 0 Å². The van der Waals surface area contributed by atoms with Gasteiger partial charge in [-0.2, -0.15) is 0 Å². The van der Waals surface area contributed by atoms with E-state index < -0.39 is 0 Å². The fraction of sp³-hybridized carbons (Fsp3) is 0.600. The molecule has 5 heteroatoms. The van der Waals surface area contributed by atoms with Gasteiger partial charge in [0.2, 0.25) is 0 Å². The number of anilines is 1. The predicted octanol–water partition coefficient (Wildman–Crippen LogP) is 1.69. The number of hydrogen-bond donors (Lipinski definition) is 2. The molecule has 0 bridgehead atoms. The van der Waals surface area contributed by atoms with Gasteiger partial charge in [-0.25, -0.2) is 4.39 Å². The first-order valence-electron chi connectivity index (χ1n) is 7.16. The van der Waals surface area contributed by atoms with Crippen LogP contribution in [0.5, 0.6) is 0 Å². The summed E-state index contributed by atoms with van der Waals surface area (Å²) in [6.45, 7) is 6.88. The summed E-state index contributed by atoms with van der Waals surface area (Å²) in [5.41, 5.74) is 1.96. The summed E-state index contributed by atoms with van der Waals surface area (Å²) in [5.74, 6) is -0.222. The lowest BCUT2D eigenvalue weighted by atomic mass is 10.0. The van der Waals surface area contributed by atoms with Crippen molar-refractivity contribution < 1.29 is 14.2 Å². The van der Waals surface area contributed by atoms with Crippen molar-refractivity contribution in [3.8, 4) is 0 Å². The third-order valence-electron chi connectivity index (χ3n) is 3.65. The normalized spacial score (nSPS) is 21.0. The topological polar surface area (TPSA) is 44.7 Å². The summed E-state index contributed by atoms with van der Waals surface area (Å²) in [4.78, 5) is 2.16. The standard InChI is InChI=1S/C15H23FN2O2/c1-3-17-11(2)14-8-12(16)4-5-15(14)18-6-7-20-13(9-18)10-19/h4-5,8,11,13,17,19H,3,6-7,9-10H2,1-2H3. The number of nitrogens with zero attached hydrogens (tertiary/aromatic N) is 1. The highest BCUT2D eigenvalue weighted by atomic mass is 19.1. The van der Waals surface area contributed by atoms with Gasteiger partial charge in [-0.15, -0.1) is 0 Å². The van der Waals surface area contributed by atoms with Crippen LogP contribution in [0.4, 0.5) is 10.1 Å². The zero-order valence-corrected chi connectivity index (χ0v) is 12.1. The summed E-state index contributed by atoms with van der Waals surface area (Å²) in [7, 11) is 0. The monoisotopic (exact) mass is 282 g/mol. The SMILES string of the molecule is CCNC(C)c1cc(F)ccc1N1CCOC(CO)C1. The third-order valence-corrected chi connectivity index (χ3v) is 3.65. The quantitative estimate of drug-likeness (QED) is 0.863. The number of benzene rings is 1. The van der Waals surface area contributed by atoms with Crippen molar-refractivity contribution in [2.45, 2.75) is 26.0 Å². The van der Waals surface area contributed by atoms with Gasteiger partial charge in [0.05, 0.1) is 19.3 Å². The maximum Gasteiger partial charge on any atom is 0.123 e. The van der Waals surface area contributed by atoms with E-state index in [2.05, 4.69) is 10.2 Å². The summed E-state index contributed by atoms with van der Waals surface area (Å²) in [6, 6.07) is 4.98. The van der Waals surface area contributed by atoms with E-state index in [4.69, 9.17) is 4.74 Å². The second kappa shape index (κ2) is 7.02. The van der Waals surface area contributed by atoms with Gasteiger partial charge in [-0.05, 0) is 37.2 Å². The van der Waals surface area contributed by atoms with Crippen molar-refractivity contribution in [2.24, 2.45) is 0 Å². The maximum atomic E-state index is 13.5. The number of halogens is 1. The van der Waals surface area contributed by atoms with Crippen molar-refractivity contribution in [1.82, 2.24) is 5.32 Å². The molecule has 1 heterocycles. The molecule has 0 aromatic heterocycles. The van der Waals surface area contributed by atoms with Crippen LogP contribution in [0.2, 0.25) is 0 Å². The Kier molecular flexibility index (Phi) is 5.34. The second-order valence-corrected chi connectivity index (χ2v) is 5.10. The van der Waals surface area contributed by atoms with Crippen LogP contribution in [-0.4, -0.2) is 44.1 Å². The Balaban J connectivity index is 2.25. The molecule has 2 N–H and O–H groups in total. The third kappa shape index (κ3) is 3.48. The Hall–Kier alpha value is -1.17. The van der Waals surface area contributed by atoms with E-state index in [1.807, 2.05) is 19.9 Å². The number of ether oxygens (including phenoxy) is 1. The van der Waals surface area contributed by atoms with Crippen LogP contribution in [0.25, 0.3) is 0 Å². The number of aliphatic hydroxyl groups is 1. The zero-order chi connectivity index (χ0) is 14.5. The molecule has 1 saturated heterocycles. The lowest BCUT2D eigenvalue weighted by Crippen LogP contribution is -2.44. The van der Waals surface area contributed by atoms with Gasteiger partial charge in [0, 0.05) is 24.8 Å². The van der Waals surface area contributed by atoms with Gasteiger partial charge in [-0.3, -0.25) is 0 Å². The molecule has 2 atom stereocenters. The Labute approximate surface area is 119 Å². The van der Waals surface area contributed by atoms with Gasteiger partial charge in [-0.1, -0.05) is 6.92 Å². The van der Waals surface area contributed by atoms with E-state index >= 15 is 0 Å².